The molecule has 2 amide bonds. The van der Waals surface area contributed by atoms with Gasteiger partial charge in [-0.05, 0) is 38.6 Å². The Morgan fingerprint density at radius 1 is 1.20 bits per heavy atom. The van der Waals surface area contributed by atoms with Crippen LogP contribution in [0.25, 0.3) is 0 Å². The molecule has 144 valence electrons. The summed E-state index contributed by atoms with van der Waals surface area (Å²) in [5.74, 6) is -0.717. The van der Waals surface area contributed by atoms with Crippen molar-refractivity contribution in [1.29, 1.82) is 0 Å². The number of rotatable bonds is 9. The molecule has 0 aliphatic carbocycles. The molecule has 0 saturated carbocycles. The monoisotopic (exact) mass is 356 g/mol. The van der Waals surface area contributed by atoms with Crippen LogP contribution in [0.3, 0.4) is 0 Å². The third kappa shape index (κ3) is 6.37. The standard InChI is InChI=1S/C17H32N4O4/c1-9(2)5-12-7-19-8-13(12)16(24)21-15(11(4)23)17(25)20-14(6-18)10(3)22/h9,11-15,19,23H,5-8,18H2,1-4H3,(H,20,25)(H,21,24)/t11-,12+,13+,14-,15-/m0/s1. The molecule has 0 spiro atoms. The van der Waals surface area contributed by atoms with Crippen molar-refractivity contribution < 1.29 is 19.5 Å². The Labute approximate surface area is 149 Å². The van der Waals surface area contributed by atoms with Crippen molar-refractivity contribution in [1.82, 2.24) is 16.0 Å². The summed E-state index contributed by atoms with van der Waals surface area (Å²) in [6, 6.07) is -1.95. The lowest BCUT2D eigenvalue weighted by Crippen LogP contribution is -2.58. The van der Waals surface area contributed by atoms with Crippen molar-refractivity contribution in [2.45, 2.75) is 52.3 Å². The van der Waals surface area contributed by atoms with Gasteiger partial charge in [0, 0.05) is 13.1 Å². The van der Waals surface area contributed by atoms with Gasteiger partial charge in [0.25, 0.3) is 0 Å². The van der Waals surface area contributed by atoms with Crippen LogP contribution >= 0.6 is 0 Å². The zero-order valence-corrected chi connectivity index (χ0v) is 15.5. The van der Waals surface area contributed by atoms with E-state index in [1.807, 2.05) is 0 Å². The van der Waals surface area contributed by atoms with Crippen LogP contribution < -0.4 is 21.7 Å². The second kappa shape index (κ2) is 9.84. The molecule has 1 aliphatic rings. The van der Waals surface area contributed by atoms with Crippen LogP contribution in [-0.2, 0) is 14.4 Å². The second-order valence-corrected chi connectivity index (χ2v) is 7.29. The number of aliphatic hydroxyl groups excluding tert-OH is 1. The number of nitrogens with two attached hydrogens (primary N) is 1. The van der Waals surface area contributed by atoms with E-state index in [1.54, 1.807) is 0 Å². The number of aliphatic hydroxyl groups is 1. The van der Waals surface area contributed by atoms with E-state index in [9.17, 15) is 19.5 Å². The number of ketones is 1. The molecule has 25 heavy (non-hydrogen) atoms. The van der Waals surface area contributed by atoms with Crippen LogP contribution in [0.5, 0.6) is 0 Å². The van der Waals surface area contributed by atoms with Crippen LogP contribution in [0.15, 0.2) is 0 Å². The Morgan fingerprint density at radius 3 is 2.32 bits per heavy atom. The van der Waals surface area contributed by atoms with E-state index in [-0.39, 0.29) is 30.1 Å². The van der Waals surface area contributed by atoms with Crippen LogP contribution in [0, 0.1) is 17.8 Å². The van der Waals surface area contributed by atoms with Gasteiger partial charge in [0.2, 0.25) is 11.8 Å². The SMILES string of the molecule is CC(=O)[C@H](CN)NC(=O)[C@@H](NC(=O)[C@@H]1CNC[C@H]1CC(C)C)[C@H](C)O. The summed E-state index contributed by atoms with van der Waals surface area (Å²) in [5.41, 5.74) is 5.47. The topological polar surface area (TPSA) is 134 Å². The summed E-state index contributed by atoms with van der Waals surface area (Å²) in [6.07, 6.45) is -0.178. The van der Waals surface area contributed by atoms with Crippen molar-refractivity contribution in [3.63, 3.8) is 0 Å². The average molecular weight is 356 g/mol. The third-order valence-corrected chi connectivity index (χ3v) is 4.56. The van der Waals surface area contributed by atoms with Gasteiger partial charge in [-0.3, -0.25) is 14.4 Å². The number of amides is 2. The van der Waals surface area contributed by atoms with Crippen molar-refractivity contribution >= 4 is 17.6 Å². The summed E-state index contributed by atoms with van der Waals surface area (Å²) < 4.78 is 0. The van der Waals surface area contributed by atoms with E-state index in [0.29, 0.717) is 12.5 Å². The van der Waals surface area contributed by atoms with Gasteiger partial charge in [0.05, 0.1) is 18.1 Å². The third-order valence-electron chi connectivity index (χ3n) is 4.56. The first kappa shape index (κ1) is 21.5. The highest BCUT2D eigenvalue weighted by Crippen LogP contribution is 2.24. The Morgan fingerprint density at radius 2 is 1.84 bits per heavy atom. The lowest BCUT2D eigenvalue weighted by atomic mass is 9.87. The Balaban J connectivity index is 2.75. The van der Waals surface area contributed by atoms with E-state index in [0.717, 1.165) is 13.0 Å². The van der Waals surface area contributed by atoms with Gasteiger partial charge in [0.15, 0.2) is 5.78 Å². The molecule has 6 N–H and O–H groups in total. The molecule has 0 bridgehead atoms. The van der Waals surface area contributed by atoms with E-state index in [2.05, 4.69) is 29.8 Å². The zero-order valence-electron chi connectivity index (χ0n) is 15.5. The average Bonchev–Trinajstić information content (AvgIpc) is 2.96. The minimum absolute atomic E-state index is 0.0371. The Hall–Kier alpha value is -1.51. The van der Waals surface area contributed by atoms with E-state index in [4.69, 9.17) is 5.73 Å². The number of hydrogen-bond donors (Lipinski definition) is 5. The molecular formula is C17H32N4O4. The van der Waals surface area contributed by atoms with Crippen LogP contribution in [0.1, 0.15) is 34.1 Å². The summed E-state index contributed by atoms with van der Waals surface area (Å²) in [6.45, 7) is 8.24. The fourth-order valence-corrected chi connectivity index (χ4v) is 3.15. The minimum atomic E-state index is -1.12. The van der Waals surface area contributed by atoms with Crippen molar-refractivity contribution in [2.75, 3.05) is 19.6 Å². The highest BCUT2D eigenvalue weighted by molar-refractivity contribution is 5.93. The lowest BCUT2D eigenvalue weighted by molar-refractivity contribution is -0.135. The van der Waals surface area contributed by atoms with Crippen LogP contribution in [0.4, 0.5) is 0 Å². The molecule has 8 heteroatoms. The number of carbonyl (C=O) groups is 3. The van der Waals surface area contributed by atoms with E-state index >= 15 is 0 Å². The maximum absolute atomic E-state index is 12.6. The maximum Gasteiger partial charge on any atom is 0.245 e. The number of Topliss-reactive ketones (excluding diaryl/α,β-unsaturated/α-hetero) is 1. The second-order valence-electron chi connectivity index (χ2n) is 7.29. The summed E-state index contributed by atoms with van der Waals surface area (Å²) in [4.78, 5) is 36.4. The Kier molecular flexibility index (Phi) is 8.47. The number of carbonyl (C=O) groups excluding carboxylic acids is 3. The first-order valence-corrected chi connectivity index (χ1v) is 8.87. The fourth-order valence-electron chi connectivity index (χ4n) is 3.15. The smallest absolute Gasteiger partial charge is 0.245 e. The van der Waals surface area contributed by atoms with Crippen molar-refractivity contribution in [3.05, 3.63) is 0 Å². The molecule has 5 atom stereocenters. The number of hydrogen-bond acceptors (Lipinski definition) is 6. The molecule has 1 rings (SSSR count). The molecule has 1 saturated heterocycles. The Bertz CT molecular complexity index is 481. The van der Waals surface area contributed by atoms with Gasteiger partial charge in [0.1, 0.15) is 6.04 Å². The molecule has 0 unspecified atom stereocenters. The zero-order chi connectivity index (χ0) is 19.1. The van der Waals surface area contributed by atoms with Gasteiger partial charge >= 0.3 is 0 Å². The highest BCUT2D eigenvalue weighted by atomic mass is 16.3. The van der Waals surface area contributed by atoms with Gasteiger partial charge in [-0.2, -0.15) is 0 Å². The quantitative estimate of drug-likeness (QED) is 0.351. The molecular weight excluding hydrogens is 324 g/mol. The lowest BCUT2D eigenvalue weighted by Gasteiger charge is -2.26. The van der Waals surface area contributed by atoms with Crippen LogP contribution in [-0.4, -0.2) is 60.5 Å². The molecule has 0 radical (unpaired) electrons. The highest BCUT2D eigenvalue weighted by Gasteiger charge is 2.36. The molecule has 8 nitrogen and oxygen atoms in total. The maximum atomic E-state index is 12.6. The van der Waals surface area contributed by atoms with E-state index in [1.165, 1.54) is 13.8 Å². The normalized spacial score (nSPS) is 23.8. The van der Waals surface area contributed by atoms with Crippen molar-refractivity contribution in [2.24, 2.45) is 23.5 Å². The largest absolute Gasteiger partial charge is 0.391 e. The molecule has 1 heterocycles. The first-order valence-electron chi connectivity index (χ1n) is 8.87. The molecule has 0 aromatic rings. The number of nitrogens with one attached hydrogen (secondary N) is 3. The van der Waals surface area contributed by atoms with Gasteiger partial charge in [-0.25, -0.2) is 0 Å². The molecule has 1 fully saturated rings. The summed E-state index contributed by atoms with van der Waals surface area (Å²) >= 11 is 0. The summed E-state index contributed by atoms with van der Waals surface area (Å²) in [7, 11) is 0. The van der Waals surface area contributed by atoms with E-state index < -0.39 is 24.1 Å². The van der Waals surface area contributed by atoms with Gasteiger partial charge in [-0.1, -0.05) is 13.8 Å². The fraction of sp³-hybridized carbons (Fsp3) is 0.824. The molecule has 0 aromatic heterocycles. The summed E-state index contributed by atoms with van der Waals surface area (Å²) in [5, 5.41) is 18.2. The first-order chi connectivity index (χ1) is 11.7. The van der Waals surface area contributed by atoms with Gasteiger partial charge < -0.3 is 26.8 Å². The predicted octanol–water partition coefficient (Wildman–Crippen LogP) is -1.23. The minimum Gasteiger partial charge on any atom is -0.391 e. The predicted molar refractivity (Wildman–Crippen MR) is 94.6 cm³/mol. The van der Waals surface area contributed by atoms with Gasteiger partial charge in [-0.15, -0.1) is 0 Å². The van der Waals surface area contributed by atoms with Crippen LogP contribution in [0.2, 0.25) is 0 Å². The van der Waals surface area contributed by atoms with Crippen molar-refractivity contribution in [3.8, 4) is 0 Å². The molecule has 1 aliphatic heterocycles. The molecule has 0 aromatic carbocycles.